The summed E-state index contributed by atoms with van der Waals surface area (Å²) in [4.78, 5) is 11.8. The molecule has 5 nitrogen and oxygen atoms in total. The molecule has 2 aliphatic rings. The SMILES string of the molecule is CC(C)(C)OC(=O)NC1CCC(NC2CCC(N)CC2)CC1. The Hall–Kier alpha value is -0.810. The topological polar surface area (TPSA) is 76.4 Å². The molecular weight excluding hydrogens is 278 g/mol. The predicted molar refractivity (Wildman–Crippen MR) is 88.8 cm³/mol. The van der Waals surface area contributed by atoms with Crippen molar-refractivity contribution in [3.05, 3.63) is 0 Å². The molecule has 0 bridgehead atoms. The van der Waals surface area contributed by atoms with Gasteiger partial charge < -0.3 is 21.1 Å². The van der Waals surface area contributed by atoms with E-state index >= 15 is 0 Å². The predicted octanol–water partition coefficient (Wildman–Crippen LogP) is 2.68. The largest absolute Gasteiger partial charge is 0.444 e. The van der Waals surface area contributed by atoms with Crippen LogP contribution in [0.1, 0.15) is 72.1 Å². The molecule has 1 amide bonds. The Labute approximate surface area is 134 Å². The van der Waals surface area contributed by atoms with E-state index in [0.717, 1.165) is 38.5 Å². The Bertz CT molecular complexity index is 351. The van der Waals surface area contributed by atoms with Crippen molar-refractivity contribution >= 4 is 6.09 Å². The highest BCUT2D eigenvalue weighted by Gasteiger charge is 2.27. The third-order valence-electron chi connectivity index (χ3n) is 4.69. The molecule has 0 atom stereocenters. The number of amides is 1. The van der Waals surface area contributed by atoms with Gasteiger partial charge in [-0.2, -0.15) is 0 Å². The zero-order valence-corrected chi connectivity index (χ0v) is 14.4. The van der Waals surface area contributed by atoms with E-state index in [-0.39, 0.29) is 12.1 Å². The molecule has 0 radical (unpaired) electrons. The first-order valence-electron chi connectivity index (χ1n) is 8.83. The van der Waals surface area contributed by atoms with Crippen molar-refractivity contribution in [2.45, 2.75) is 102 Å². The quantitative estimate of drug-likeness (QED) is 0.749. The summed E-state index contributed by atoms with van der Waals surface area (Å²) in [6.07, 6.45) is 8.73. The number of rotatable bonds is 3. The maximum atomic E-state index is 11.8. The summed E-state index contributed by atoms with van der Waals surface area (Å²) in [6, 6.07) is 1.90. The monoisotopic (exact) mass is 311 g/mol. The molecule has 4 N–H and O–H groups in total. The molecule has 0 spiro atoms. The maximum Gasteiger partial charge on any atom is 0.407 e. The molecule has 2 rings (SSSR count). The Kier molecular flexibility index (Phi) is 6.09. The zero-order valence-electron chi connectivity index (χ0n) is 14.4. The summed E-state index contributed by atoms with van der Waals surface area (Å²) < 4.78 is 5.32. The van der Waals surface area contributed by atoms with Crippen molar-refractivity contribution in [3.63, 3.8) is 0 Å². The highest BCUT2D eigenvalue weighted by atomic mass is 16.6. The Morgan fingerprint density at radius 1 is 0.909 bits per heavy atom. The number of nitrogens with one attached hydrogen (secondary N) is 2. The maximum absolute atomic E-state index is 11.8. The third-order valence-corrected chi connectivity index (χ3v) is 4.69. The fourth-order valence-electron chi connectivity index (χ4n) is 3.50. The van der Waals surface area contributed by atoms with Gasteiger partial charge >= 0.3 is 6.09 Å². The fourth-order valence-corrected chi connectivity index (χ4v) is 3.50. The number of carbonyl (C=O) groups excluding carboxylic acids is 1. The normalized spacial score (nSPS) is 33.3. The minimum Gasteiger partial charge on any atom is -0.444 e. The van der Waals surface area contributed by atoms with Crippen LogP contribution in [-0.2, 0) is 4.74 Å². The van der Waals surface area contributed by atoms with Gasteiger partial charge in [0.15, 0.2) is 0 Å². The first-order chi connectivity index (χ1) is 10.3. The van der Waals surface area contributed by atoms with E-state index in [0.29, 0.717) is 18.1 Å². The van der Waals surface area contributed by atoms with Crippen LogP contribution < -0.4 is 16.4 Å². The average Bonchev–Trinajstić information content (AvgIpc) is 2.41. The molecule has 2 saturated carbocycles. The van der Waals surface area contributed by atoms with Crippen LogP contribution in [0.5, 0.6) is 0 Å². The second-order valence-corrected chi connectivity index (χ2v) is 7.97. The number of alkyl carbamates (subject to hydrolysis) is 1. The molecule has 5 heteroatoms. The summed E-state index contributed by atoms with van der Waals surface area (Å²) in [5.41, 5.74) is 5.53. The molecule has 0 aliphatic heterocycles. The Balaban J connectivity index is 1.64. The van der Waals surface area contributed by atoms with Gasteiger partial charge in [0.2, 0.25) is 0 Å². The number of hydrogen-bond donors (Lipinski definition) is 3. The van der Waals surface area contributed by atoms with E-state index in [2.05, 4.69) is 10.6 Å². The smallest absolute Gasteiger partial charge is 0.407 e. The molecule has 2 aliphatic carbocycles. The van der Waals surface area contributed by atoms with Gasteiger partial charge in [0.05, 0.1) is 0 Å². The van der Waals surface area contributed by atoms with Crippen LogP contribution in [0, 0.1) is 0 Å². The first-order valence-corrected chi connectivity index (χ1v) is 8.83. The minimum atomic E-state index is -0.426. The highest BCUT2D eigenvalue weighted by Crippen LogP contribution is 2.23. The van der Waals surface area contributed by atoms with Crippen molar-refractivity contribution in [2.24, 2.45) is 5.73 Å². The first kappa shape index (κ1) is 17.5. The fraction of sp³-hybridized carbons (Fsp3) is 0.941. The van der Waals surface area contributed by atoms with E-state index in [4.69, 9.17) is 10.5 Å². The van der Waals surface area contributed by atoms with Crippen LogP contribution in [0.2, 0.25) is 0 Å². The van der Waals surface area contributed by atoms with E-state index in [1.807, 2.05) is 20.8 Å². The van der Waals surface area contributed by atoms with Crippen molar-refractivity contribution in [1.82, 2.24) is 10.6 Å². The Morgan fingerprint density at radius 3 is 1.86 bits per heavy atom. The van der Waals surface area contributed by atoms with Gasteiger partial charge in [0.25, 0.3) is 0 Å². The number of carbonyl (C=O) groups is 1. The molecule has 0 saturated heterocycles. The van der Waals surface area contributed by atoms with Gasteiger partial charge in [0, 0.05) is 24.2 Å². The van der Waals surface area contributed by atoms with Crippen LogP contribution in [0.3, 0.4) is 0 Å². The molecule has 0 aromatic heterocycles. The summed E-state index contributed by atoms with van der Waals surface area (Å²) >= 11 is 0. The van der Waals surface area contributed by atoms with E-state index in [9.17, 15) is 4.79 Å². The van der Waals surface area contributed by atoms with E-state index in [1.165, 1.54) is 12.8 Å². The second kappa shape index (κ2) is 7.64. The molecular formula is C17H33N3O2. The van der Waals surface area contributed by atoms with Crippen molar-refractivity contribution in [2.75, 3.05) is 0 Å². The molecule has 0 aromatic carbocycles. The van der Waals surface area contributed by atoms with Crippen LogP contribution in [0.15, 0.2) is 0 Å². The Morgan fingerprint density at radius 2 is 1.36 bits per heavy atom. The van der Waals surface area contributed by atoms with Gasteiger partial charge in [-0.1, -0.05) is 0 Å². The number of nitrogens with two attached hydrogens (primary N) is 1. The lowest BCUT2D eigenvalue weighted by Crippen LogP contribution is -2.47. The lowest BCUT2D eigenvalue weighted by Gasteiger charge is -2.35. The summed E-state index contributed by atoms with van der Waals surface area (Å²) in [5, 5.41) is 6.79. The zero-order chi connectivity index (χ0) is 16.2. The van der Waals surface area contributed by atoms with Gasteiger partial charge in [-0.05, 0) is 72.1 Å². The van der Waals surface area contributed by atoms with Crippen molar-refractivity contribution in [3.8, 4) is 0 Å². The van der Waals surface area contributed by atoms with Crippen LogP contribution in [0.4, 0.5) is 4.79 Å². The summed E-state index contributed by atoms with van der Waals surface area (Å²) in [6.45, 7) is 5.68. The lowest BCUT2D eigenvalue weighted by atomic mass is 9.87. The van der Waals surface area contributed by atoms with Crippen LogP contribution in [-0.4, -0.2) is 35.9 Å². The molecule has 0 aromatic rings. The summed E-state index contributed by atoms with van der Waals surface area (Å²) in [7, 11) is 0. The minimum absolute atomic E-state index is 0.257. The summed E-state index contributed by atoms with van der Waals surface area (Å²) in [5.74, 6) is 0. The average molecular weight is 311 g/mol. The third kappa shape index (κ3) is 6.13. The highest BCUT2D eigenvalue weighted by molar-refractivity contribution is 5.68. The van der Waals surface area contributed by atoms with Gasteiger partial charge in [-0.3, -0.25) is 0 Å². The molecule has 2 fully saturated rings. The molecule has 0 unspecified atom stereocenters. The van der Waals surface area contributed by atoms with Gasteiger partial charge in [0.1, 0.15) is 5.60 Å². The van der Waals surface area contributed by atoms with Gasteiger partial charge in [-0.15, -0.1) is 0 Å². The second-order valence-electron chi connectivity index (χ2n) is 7.97. The van der Waals surface area contributed by atoms with E-state index in [1.54, 1.807) is 0 Å². The molecule has 0 heterocycles. The number of hydrogen-bond acceptors (Lipinski definition) is 4. The lowest BCUT2D eigenvalue weighted by molar-refractivity contribution is 0.0489. The molecule has 128 valence electrons. The van der Waals surface area contributed by atoms with Crippen molar-refractivity contribution in [1.29, 1.82) is 0 Å². The standard InChI is InChI=1S/C17H33N3O2/c1-17(2,3)22-16(21)20-15-10-8-14(9-11-15)19-13-6-4-12(18)5-7-13/h12-15,19H,4-11,18H2,1-3H3,(H,20,21). The molecule has 22 heavy (non-hydrogen) atoms. The van der Waals surface area contributed by atoms with Crippen molar-refractivity contribution < 1.29 is 9.53 Å². The van der Waals surface area contributed by atoms with Gasteiger partial charge in [-0.25, -0.2) is 4.79 Å². The van der Waals surface area contributed by atoms with Crippen LogP contribution in [0.25, 0.3) is 0 Å². The van der Waals surface area contributed by atoms with E-state index < -0.39 is 5.60 Å². The number of ether oxygens (including phenoxy) is 1. The van der Waals surface area contributed by atoms with Crippen LogP contribution >= 0.6 is 0 Å².